The minimum Gasteiger partial charge on any atom is -0.493 e. The fourth-order valence-corrected chi connectivity index (χ4v) is 5.31. The van der Waals surface area contributed by atoms with Crippen LogP contribution in [-0.4, -0.2) is 61.5 Å². The third-order valence-corrected chi connectivity index (χ3v) is 6.72. The van der Waals surface area contributed by atoms with Crippen LogP contribution in [0.5, 0.6) is 23.4 Å². The van der Waals surface area contributed by atoms with Gasteiger partial charge in [-0.1, -0.05) is 18.6 Å². The van der Waals surface area contributed by atoms with Crippen LogP contribution in [0.15, 0.2) is 24.4 Å². The summed E-state index contributed by atoms with van der Waals surface area (Å²) in [6.45, 7) is 2.27. The molecule has 0 radical (unpaired) electrons. The van der Waals surface area contributed by atoms with Crippen LogP contribution in [0.2, 0.25) is 0 Å². The SMILES string of the molecule is COc1ncc(C2(O)[C@@H]3CCC[C@H]2CN(Cc2cccc(OC)c2OC)C3)c(OC)n1. The number of hydrogen-bond acceptors (Lipinski definition) is 8. The maximum Gasteiger partial charge on any atom is 0.319 e. The van der Waals surface area contributed by atoms with Crippen molar-refractivity contribution in [3.63, 3.8) is 0 Å². The number of likely N-dealkylation sites (tertiary alicyclic amines) is 1. The molecule has 2 fully saturated rings. The summed E-state index contributed by atoms with van der Waals surface area (Å²) in [5.74, 6) is 1.99. The van der Waals surface area contributed by atoms with Crippen LogP contribution in [0.25, 0.3) is 0 Å². The van der Waals surface area contributed by atoms with Crippen molar-refractivity contribution in [1.82, 2.24) is 14.9 Å². The second-order valence-electron chi connectivity index (χ2n) is 8.28. The summed E-state index contributed by atoms with van der Waals surface area (Å²) in [4.78, 5) is 11.0. The quantitative estimate of drug-likeness (QED) is 0.719. The van der Waals surface area contributed by atoms with Gasteiger partial charge in [0.05, 0.1) is 34.0 Å². The van der Waals surface area contributed by atoms with Crippen molar-refractivity contribution in [2.45, 2.75) is 31.4 Å². The van der Waals surface area contributed by atoms with Gasteiger partial charge in [-0.05, 0) is 18.9 Å². The number of hydrogen-bond donors (Lipinski definition) is 1. The molecule has 2 aromatic rings. The molecular formula is C23H31N3O5. The minimum absolute atomic E-state index is 0.0579. The van der Waals surface area contributed by atoms with E-state index in [0.29, 0.717) is 11.4 Å². The van der Waals surface area contributed by atoms with Gasteiger partial charge in [0.1, 0.15) is 5.60 Å². The largest absolute Gasteiger partial charge is 0.493 e. The van der Waals surface area contributed by atoms with Crippen LogP contribution in [0.1, 0.15) is 30.4 Å². The number of piperidine rings is 1. The van der Waals surface area contributed by atoms with Crippen molar-refractivity contribution < 1.29 is 24.1 Å². The number of benzene rings is 1. The van der Waals surface area contributed by atoms with E-state index in [2.05, 4.69) is 20.9 Å². The van der Waals surface area contributed by atoms with E-state index in [-0.39, 0.29) is 17.8 Å². The Kier molecular flexibility index (Phi) is 6.20. The molecule has 1 aromatic carbocycles. The Labute approximate surface area is 183 Å². The number of para-hydroxylation sites is 1. The maximum absolute atomic E-state index is 12.0. The topological polar surface area (TPSA) is 86.2 Å². The third-order valence-electron chi connectivity index (χ3n) is 6.72. The van der Waals surface area contributed by atoms with E-state index < -0.39 is 5.60 Å². The third kappa shape index (κ3) is 3.78. The van der Waals surface area contributed by atoms with Crippen LogP contribution in [0, 0.1) is 11.8 Å². The Hall–Kier alpha value is -2.58. The van der Waals surface area contributed by atoms with E-state index in [1.54, 1.807) is 27.5 Å². The highest BCUT2D eigenvalue weighted by atomic mass is 16.5. The Balaban J connectivity index is 1.62. The lowest BCUT2D eigenvalue weighted by Gasteiger charge is -2.53. The summed E-state index contributed by atoms with van der Waals surface area (Å²) in [6.07, 6.45) is 4.64. The molecule has 168 valence electrons. The van der Waals surface area contributed by atoms with Gasteiger partial charge in [-0.2, -0.15) is 4.98 Å². The summed E-state index contributed by atoms with van der Waals surface area (Å²) in [5.41, 5.74) is 0.713. The van der Waals surface area contributed by atoms with Crippen LogP contribution in [0.4, 0.5) is 0 Å². The molecular weight excluding hydrogens is 398 g/mol. The van der Waals surface area contributed by atoms with Gasteiger partial charge in [-0.3, -0.25) is 4.90 Å². The fraction of sp³-hybridized carbons (Fsp3) is 0.565. The molecule has 31 heavy (non-hydrogen) atoms. The van der Waals surface area contributed by atoms with Gasteiger partial charge in [0.2, 0.25) is 5.88 Å². The standard InChI is InChI=1S/C23H31N3O5/c1-28-19-10-5-7-15(20(19)29-2)12-26-13-16-8-6-9-17(14-26)23(16,27)18-11-24-22(31-4)25-21(18)30-3/h5,7,10-11,16-17,27H,6,8-9,12-14H2,1-4H3/t16-,17+,23?. The Morgan fingerprint density at radius 1 is 1.03 bits per heavy atom. The predicted molar refractivity (Wildman–Crippen MR) is 115 cm³/mol. The smallest absolute Gasteiger partial charge is 0.319 e. The first-order valence-corrected chi connectivity index (χ1v) is 10.6. The number of fused-ring (bicyclic) bond motifs is 2. The number of ether oxygens (including phenoxy) is 4. The summed E-state index contributed by atoms with van der Waals surface area (Å²) in [7, 11) is 6.40. The molecule has 0 spiro atoms. The second-order valence-corrected chi connectivity index (χ2v) is 8.28. The van der Waals surface area contributed by atoms with Crippen LogP contribution in [-0.2, 0) is 12.1 Å². The first-order chi connectivity index (χ1) is 15.0. The maximum atomic E-state index is 12.0. The van der Waals surface area contributed by atoms with Gasteiger partial charge < -0.3 is 24.1 Å². The lowest BCUT2D eigenvalue weighted by molar-refractivity contribution is -0.149. The Bertz CT molecular complexity index is 908. The summed E-state index contributed by atoms with van der Waals surface area (Å²) >= 11 is 0. The number of rotatable bonds is 7. The van der Waals surface area contributed by atoms with E-state index in [4.69, 9.17) is 18.9 Å². The Morgan fingerprint density at radius 2 is 1.77 bits per heavy atom. The van der Waals surface area contributed by atoms with Gasteiger partial charge in [0, 0.05) is 43.2 Å². The van der Waals surface area contributed by atoms with Crippen molar-refractivity contribution in [1.29, 1.82) is 0 Å². The number of nitrogens with zero attached hydrogens (tertiary/aromatic N) is 3. The number of aliphatic hydroxyl groups is 1. The zero-order chi connectivity index (χ0) is 22.0. The van der Waals surface area contributed by atoms with Gasteiger partial charge in [0.25, 0.3) is 0 Å². The van der Waals surface area contributed by atoms with Crippen molar-refractivity contribution in [2.24, 2.45) is 11.8 Å². The molecule has 2 aliphatic rings. The number of methoxy groups -OCH3 is 4. The molecule has 3 atom stereocenters. The molecule has 4 rings (SSSR count). The van der Waals surface area contributed by atoms with Crippen LogP contribution in [0.3, 0.4) is 0 Å². The molecule has 1 aliphatic heterocycles. The average Bonchev–Trinajstić information content (AvgIpc) is 2.79. The van der Waals surface area contributed by atoms with E-state index in [0.717, 1.165) is 56.0 Å². The molecule has 1 unspecified atom stereocenters. The normalized spacial score (nSPS) is 25.7. The van der Waals surface area contributed by atoms with E-state index in [1.807, 2.05) is 12.1 Å². The summed E-state index contributed by atoms with van der Waals surface area (Å²) in [5, 5.41) is 12.0. The molecule has 8 nitrogen and oxygen atoms in total. The lowest BCUT2D eigenvalue weighted by Crippen LogP contribution is -2.58. The highest BCUT2D eigenvalue weighted by Crippen LogP contribution is 2.51. The molecule has 0 amide bonds. The number of aromatic nitrogens is 2. The second kappa shape index (κ2) is 8.88. The fourth-order valence-electron chi connectivity index (χ4n) is 5.31. The predicted octanol–water partition coefficient (Wildman–Crippen LogP) is 2.63. The minimum atomic E-state index is -1.02. The molecule has 1 aliphatic carbocycles. The monoisotopic (exact) mass is 429 g/mol. The first-order valence-electron chi connectivity index (χ1n) is 10.6. The highest BCUT2D eigenvalue weighted by molar-refractivity contribution is 5.46. The average molecular weight is 430 g/mol. The molecule has 2 bridgehead atoms. The zero-order valence-corrected chi connectivity index (χ0v) is 18.6. The molecule has 1 aromatic heterocycles. The Morgan fingerprint density at radius 3 is 2.39 bits per heavy atom. The van der Waals surface area contributed by atoms with Crippen LogP contribution < -0.4 is 18.9 Å². The van der Waals surface area contributed by atoms with E-state index >= 15 is 0 Å². The summed E-state index contributed by atoms with van der Waals surface area (Å²) < 4.78 is 21.7. The van der Waals surface area contributed by atoms with Crippen molar-refractivity contribution in [3.05, 3.63) is 35.5 Å². The van der Waals surface area contributed by atoms with Gasteiger partial charge in [-0.25, -0.2) is 4.98 Å². The van der Waals surface area contributed by atoms with E-state index in [9.17, 15) is 5.11 Å². The van der Waals surface area contributed by atoms with Crippen LogP contribution >= 0.6 is 0 Å². The van der Waals surface area contributed by atoms with Crippen molar-refractivity contribution >= 4 is 0 Å². The molecule has 1 saturated carbocycles. The van der Waals surface area contributed by atoms with Crippen molar-refractivity contribution in [3.8, 4) is 23.4 Å². The van der Waals surface area contributed by atoms with Gasteiger partial charge in [0.15, 0.2) is 11.5 Å². The van der Waals surface area contributed by atoms with Crippen molar-refractivity contribution in [2.75, 3.05) is 41.5 Å². The summed E-state index contributed by atoms with van der Waals surface area (Å²) in [6, 6.07) is 6.19. The molecule has 1 saturated heterocycles. The molecule has 1 N–H and O–H groups in total. The van der Waals surface area contributed by atoms with Gasteiger partial charge in [-0.15, -0.1) is 0 Å². The van der Waals surface area contributed by atoms with Gasteiger partial charge >= 0.3 is 6.01 Å². The molecule has 2 heterocycles. The lowest BCUT2D eigenvalue weighted by atomic mass is 9.63. The zero-order valence-electron chi connectivity index (χ0n) is 18.6. The van der Waals surface area contributed by atoms with E-state index in [1.165, 1.54) is 7.11 Å². The highest BCUT2D eigenvalue weighted by Gasteiger charge is 2.53. The first kappa shape index (κ1) is 21.6. The molecule has 8 heteroatoms.